The van der Waals surface area contributed by atoms with Crippen LogP contribution in [0.5, 0.6) is 11.5 Å². The molecule has 0 spiro atoms. The number of nitrogens with one attached hydrogen (secondary N) is 1. The number of rotatable bonds is 7. The minimum absolute atomic E-state index is 0.0268. The molecular formula is C24H35ClN2O5SSi. The van der Waals surface area contributed by atoms with Gasteiger partial charge < -0.3 is 24.0 Å². The Labute approximate surface area is 212 Å². The summed E-state index contributed by atoms with van der Waals surface area (Å²) >= 11 is 7.95. The van der Waals surface area contributed by atoms with Crippen LogP contribution in [-0.4, -0.2) is 37.8 Å². The maximum absolute atomic E-state index is 12.9. The molecule has 0 saturated heterocycles. The molecule has 1 aromatic carbocycles. The number of fused-ring (bicyclic) bond motifs is 1. The molecule has 2 aromatic rings. The first-order chi connectivity index (χ1) is 15.7. The number of amides is 1. The van der Waals surface area contributed by atoms with Crippen molar-refractivity contribution in [3.05, 3.63) is 39.3 Å². The summed E-state index contributed by atoms with van der Waals surface area (Å²) in [5.74, 6) is 1.13. The Morgan fingerprint density at radius 1 is 1.24 bits per heavy atom. The predicted molar refractivity (Wildman–Crippen MR) is 138 cm³/mol. The smallest absolute Gasteiger partial charge is 0.407 e. The Bertz CT molecular complexity index is 1000. The SMILES string of the molecule is CC(C)(C)OC(=O)N[C@@H](Cc1cc(Cl)c2c(c1)OCO2)[C@H](O[Si](C)(C)C(C)(C)C)c1nccs1. The third-order valence-corrected chi connectivity index (χ3v) is 11.5. The lowest BCUT2D eigenvalue weighted by atomic mass is 10.0. The van der Waals surface area contributed by atoms with E-state index in [9.17, 15) is 4.79 Å². The highest BCUT2D eigenvalue weighted by molar-refractivity contribution is 7.09. The van der Waals surface area contributed by atoms with Crippen LogP contribution < -0.4 is 14.8 Å². The number of carbonyl (C=O) groups is 1. The van der Waals surface area contributed by atoms with Gasteiger partial charge in [-0.15, -0.1) is 11.3 Å². The molecule has 1 aliphatic rings. The monoisotopic (exact) mass is 526 g/mol. The summed E-state index contributed by atoms with van der Waals surface area (Å²) in [4.78, 5) is 17.4. The Morgan fingerprint density at radius 2 is 1.94 bits per heavy atom. The van der Waals surface area contributed by atoms with Gasteiger partial charge in [-0.25, -0.2) is 9.78 Å². The zero-order chi connectivity index (χ0) is 25.3. The number of hydrogen-bond acceptors (Lipinski definition) is 7. The number of nitrogens with zero attached hydrogens (tertiary/aromatic N) is 1. The maximum Gasteiger partial charge on any atom is 0.407 e. The van der Waals surface area contributed by atoms with E-state index in [1.54, 1.807) is 6.20 Å². The topological polar surface area (TPSA) is 78.9 Å². The summed E-state index contributed by atoms with van der Waals surface area (Å²) in [6.07, 6.45) is 1.22. The fourth-order valence-electron chi connectivity index (χ4n) is 3.26. The molecule has 2 atom stereocenters. The average molecular weight is 527 g/mol. The van der Waals surface area contributed by atoms with Crippen molar-refractivity contribution < 1.29 is 23.4 Å². The minimum atomic E-state index is -2.23. The maximum atomic E-state index is 12.9. The quantitative estimate of drug-likeness (QED) is 0.403. The molecule has 1 amide bonds. The molecule has 3 rings (SSSR count). The molecular weight excluding hydrogens is 492 g/mol. The summed E-state index contributed by atoms with van der Waals surface area (Å²) in [7, 11) is -2.23. The van der Waals surface area contributed by atoms with Gasteiger partial charge >= 0.3 is 6.09 Å². The van der Waals surface area contributed by atoms with Crippen molar-refractivity contribution in [3.8, 4) is 11.5 Å². The Morgan fingerprint density at radius 3 is 2.53 bits per heavy atom. The lowest BCUT2D eigenvalue weighted by Gasteiger charge is -2.41. The van der Waals surface area contributed by atoms with Crippen LogP contribution in [0.15, 0.2) is 23.7 Å². The third kappa shape index (κ3) is 6.65. The van der Waals surface area contributed by atoms with E-state index in [4.69, 9.17) is 30.2 Å². The van der Waals surface area contributed by atoms with Crippen molar-refractivity contribution in [2.24, 2.45) is 0 Å². The van der Waals surface area contributed by atoms with Gasteiger partial charge in [0.25, 0.3) is 0 Å². The van der Waals surface area contributed by atoms with E-state index in [2.05, 4.69) is 44.2 Å². The molecule has 1 aromatic heterocycles. The van der Waals surface area contributed by atoms with Crippen LogP contribution in [0.2, 0.25) is 23.2 Å². The van der Waals surface area contributed by atoms with Gasteiger partial charge in [0.05, 0.1) is 11.1 Å². The van der Waals surface area contributed by atoms with Crippen LogP contribution in [0.25, 0.3) is 0 Å². The average Bonchev–Trinajstić information content (AvgIpc) is 3.35. The molecule has 2 heterocycles. The Kier molecular flexibility index (Phi) is 7.91. The van der Waals surface area contributed by atoms with Crippen molar-refractivity contribution in [1.82, 2.24) is 10.3 Å². The number of carbonyl (C=O) groups excluding carboxylic acids is 1. The van der Waals surface area contributed by atoms with E-state index in [-0.39, 0.29) is 11.8 Å². The van der Waals surface area contributed by atoms with Crippen molar-refractivity contribution >= 4 is 37.3 Å². The summed E-state index contributed by atoms with van der Waals surface area (Å²) in [6, 6.07) is 3.28. The standard InChI is InChI=1S/C24H35ClN2O5SSi/c1-23(2,3)31-22(28)27-17(12-15-11-16(25)19-18(13-15)29-14-30-19)20(21-26-9-10-33-21)32-34(7,8)24(4,5)6/h9-11,13,17,20H,12,14H2,1-8H3,(H,27,28)/t17-,20-/m0/s1. The number of ether oxygens (including phenoxy) is 3. The molecule has 0 aliphatic carbocycles. The molecule has 7 nitrogen and oxygen atoms in total. The molecule has 188 valence electrons. The Hall–Kier alpha value is -1.81. The van der Waals surface area contributed by atoms with Crippen LogP contribution in [-0.2, 0) is 15.6 Å². The highest BCUT2D eigenvalue weighted by Crippen LogP contribution is 2.43. The summed E-state index contributed by atoms with van der Waals surface area (Å²) < 4.78 is 23.4. The van der Waals surface area contributed by atoms with Gasteiger partial charge in [-0.05, 0) is 63.0 Å². The number of benzene rings is 1. The molecule has 1 aliphatic heterocycles. The van der Waals surface area contributed by atoms with Crippen molar-refractivity contribution in [1.29, 1.82) is 0 Å². The second-order valence-corrected chi connectivity index (χ2v) is 17.0. The predicted octanol–water partition coefficient (Wildman–Crippen LogP) is 6.72. The molecule has 1 N–H and O–H groups in total. The van der Waals surface area contributed by atoms with Crippen LogP contribution in [0.3, 0.4) is 0 Å². The second kappa shape index (κ2) is 10.0. The van der Waals surface area contributed by atoms with Gasteiger partial charge in [0.1, 0.15) is 16.7 Å². The number of aromatic nitrogens is 1. The van der Waals surface area contributed by atoms with E-state index < -0.39 is 32.2 Å². The second-order valence-electron chi connectivity index (χ2n) is 10.9. The van der Waals surface area contributed by atoms with Crippen LogP contribution >= 0.6 is 22.9 Å². The Balaban J connectivity index is 1.98. The molecule has 0 fully saturated rings. The van der Waals surface area contributed by atoms with Crippen molar-refractivity contribution in [3.63, 3.8) is 0 Å². The molecule has 0 radical (unpaired) electrons. The summed E-state index contributed by atoms with van der Waals surface area (Å²) in [5.41, 5.74) is 0.254. The first kappa shape index (κ1) is 26.8. The number of alkyl carbamates (subject to hydrolysis) is 1. The normalized spacial score (nSPS) is 15.7. The third-order valence-electron chi connectivity index (χ3n) is 5.93. The first-order valence-corrected chi connectivity index (χ1v) is 15.5. The molecule has 0 unspecified atom stereocenters. The lowest BCUT2D eigenvalue weighted by Crippen LogP contribution is -2.49. The lowest BCUT2D eigenvalue weighted by molar-refractivity contribution is 0.0432. The van der Waals surface area contributed by atoms with Crippen LogP contribution in [0, 0.1) is 0 Å². The highest BCUT2D eigenvalue weighted by atomic mass is 35.5. The van der Waals surface area contributed by atoms with E-state index in [0.717, 1.165) is 10.6 Å². The minimum Gasteiger partial charge on any atom is -0.454 e. The van der Waals surface area contributed by atoms with Gasteiger partial charge in [0.15, 0.2) is 19.8 Å². The fraction of sp³-hybridized carbons (Fsp3) is 0.583. The first-order valence-electron chi connectivity index (χ1n) is 11.3. The number of thiazole rings is 1. The van der Waals surface area contributed by atoms with Gasteiger partial charge in [-0.1, -0.05) is 32.4 Å². The van der Waals surface area contributed by atoms with Gasteiger partial charge in [0.2, 0.25) is 6.79 Å². The number of hydrogen-bond donors (Lipinski definition) is 1. The van der Waals surface area contributed by atoms with Crippen LogP contribution in [0.4, 0.5) is 4.79 Å². The number of halogens is 1. The van der Waals surface area contributed by atoms with E-state index in [0.29, 0.717) is 22.9 Å². The van der Waals surface area contributed by atoms with E-state index >= 15 is 0 Å². The molecule has 0 saturated carbocycles. The largest absolute Gasteiger partial charge is 0.454 e. The van der Waals surface area contributed by atoms with E-state index in [1.165, 1.54) is 11.3 Å². The zero-order valence-corrected chi connectivity index (χ0v) is 23.7. The molecule has 34 heavy (non-hydrogen) atoms. The van der Waals surface area contributed by atoms with Gasteiger partial charge in [-0.3, -0.25) is 0 Å². The highest BCUT2D eigenvalue weighted by Gasteiger charge is 2.42. The van der Waals surface area contributed by atoms with E-state index in [1.807, 2.05) is 38.3 Å². The van der Waals surface area contributed by atoms with Crippen molar-refractivity contribution in [2.75, 3.05) is 6.79 Å². The van der Waals surface area contributed by atoms with Crippen molar-refractivity contribution in [2.45, 2.75) is 83.8 Å². The molecule has 0 bridgehead atoms. The van der Waals surface area contributed by atoms with Gasteiger partial charge in [0, 0.05) is 11.6 Å². The van der Waals surface area contributed by atoms with Gasteiger partial charge in [-0.2, -0.15) is 0 Å². The summed E-state index contributed by atoms with van der Waals surface area (Å²) in [6.45, 7) is 16.6. The van der Waals surface area contributed by atoms with Crippen LogP contribution in [0.1, 0.15) is 58.2 Å². The molecule has 10 heteroatoms. The summed E-state index contributed by atoms with van der Waals surface area (Å²) in [5, 5.41) is 6.22. The zero-order valence-electron chi connectivity index (χ0n) is 21.2. The fourth-order valence-corrected chi connectivity index (χ4v) is 5.63.